The molecule has 0 aliphatic heterocycles. The van der Waals surface area contributed by atoms with Crippen LogP contribution in [0.3, 0.4) is 0 Å². The Bertz CT molecular complexity index is 319. The first-order chi connectivity index (χ1) is 5.92. The Morgan fingerprint density at radius 1 is 1.33 bits per heavy atom. The molecule has 2 aliphatic rings. The molecule has 0 bridgehead atoms. The van der Waals surface area contributed by atoms with Crippen molar-refractivity contribution in [3.05, 3.63) is 35.4 Å². The molecule has 2 N–H and O–H groups in total. The summed E-state index contributed by atoms with van der Waals surface area (Å²) in [5, 5.41) is 0. The molecule has 3 rings (SSSR count). The highest BCUT2D eigenvalue weighted by Gasteiger charge is 2.54. The molecule has 0 heterocycles. The maximum Gasteiger partial charge on any atom is -0.00399 e. The third kappa shape index (κ3) is 0.674. The summed E-state index contributed by atoms with van der Waals surface area (Å²) in [6.45, 7) is 0.879. The zero-order chi connectivity index (χ0) is 8.13. The van der Waals surface area contributed by atoms with E-state index < -0.39 is 0 Å². The van der Waals surface area contributed by atoms with Crippen LogP contribution in [0, 0.1) is 11.8 Å². The van der Waals surface area contributed by atoms with Gasteiger partial charge in [-0.15, -0.1) is 0 Å². The van der Waals surface area contributed by atoms with Gasteiger partial charge in [0.1, 0.15) is 0 Å². The summed E-state index contributed by atoms with van der Waals surface area (Å²) in [6.07, 6.45) is 1.28. The maximum absolute atomic E-state index is 5.68. The van der Waals surface area contributed by atoms with Crippen LogP contribution in [0.5, 0.6) is 0 Å². The standard InChI is InChI=1S/C11H13N/c12-6-10-9-5-7-3-1-2-4-8(7)11(9)10/h1-4,9-11H,5-6,12H2/t9-,10+,11-/m1/s1. The van der Waals surface area contributed by atoms with Crippen molar-refractivity contribution in [2.75, 3.05) is 6.54 Å². The quantitative estimate of drug-likeness (QED) is 0.660. The van der Waals surface area contributed by atoms with E-state index in [1.165, 1.54) is 6.42 Å². The monoisotopic (exact) mass is 159 g/mol. The van der Waals surface area contributed by atoms with Crippen molar-refractivity contribution in [1.29, 1.82) is 0 Å². The van der Waals surface area contributed by atoms with E-state index in [9.17, 15) is 0 Å². The largest absolute Gasteiger partial charge is 0.330 e. The van der Waals surface area contributed by atoms with E-state index in [1.54, 1.807) is 11.1 Å². The lowest BCUT2D eigenvalue weighted by Gasteiger charge is -2.04. The Labute approximate surface area is 72.6 Å². The van der Waals surface area contributed by atoms with E-state index in [0.717, 1.165) is 24.3 Å². The first kappa shape index (κ1) is 6.67. The molecule has 12 heavy (non-hydrogen) atoms. The number of hydrogen-bond acceptors (Lipinski definition) is 1. The molecule has 1 fully saturated rings. The second kappa shape index (κ2) is 2.11. The van der Waals surface area contributed by atoms with E-state index in [-0.39, 0.29) is 0 Å². The molecular weight excluding hydrogens is 146 g/mol. The SMILES string of the molecule is NC[C@H]1[C@H]2Cc3ccccc3[C@H]21. The van der Waals surface area contributed by atoms with Crippen molar-refractivity contribution < 1.29 is 0 Å². The predicted octanol–water partition coefficient (Wildman–Crippen LogP) is 1.53. The Balaban J connectivity index is 2.00. The second-order valence-corrected chi connectivity index (χ2v) is 3.99. The predicted molar refractivity (Wildman–Crippen MR) is 48.9 cm³/mol. The molecule has 0 unspecified atom stereocenters. The number of hydrogen-bond donors (Lipinski definition) is 1. The molecule has 0 amide bonds. The summed E-state index contributed by atoms with van der Waals surface area (Å²) >= 11 is 0. The van der Waals surface area contributed by atoms with Crippen molar-refractivity contribution in [3.8, 4) is 0 Å². The molecule has 62 valence electrons. The van der Waals surface area contributed by atoms with E-state index in [2.05, 4.69) is 24.3 Å². The highest BCUT2D eigenvalue weighted by molar-refractivity contribution is 5.43. The summed E-state index contributed by atoms with van der Waals surface area (Å²) < 4.78 is 0. The minimum atomic E-state index is 0.805. The lowest BCUT2D eigenvalue weighted by molar-refractivity contribution is 0.701. The van der Waals surface area contributed by atoms with Crippen LogP contribution in [0.4, 0.5) is 0 Å². The van der Waals surface area contributed by atoms with E-state index in [0.29, 0.717) is 0 Å². The summed E-state index contributed by atoms with van der Waals surface area (Å²) in [6, 6.07) is 8.82. The smallest absolute Gasteiger partial charge is 0.00399 e. The molecule has 2 aliphatic carbocycles. The molecule has 3 atom stereocenters. The van der Waals surface area contributed by atoms with Gasteiger partial charge in [0, 0.05) is 0 Å². The molecule has 1 heteroatoms. The molecule has 1 aromatic rings. The van der Waals surface area contributed by atoms with E-state index >= 15 is 0 Å². The fourth-order valence-electron chi connectivity index (χ4n) is 2.81. The van der Waals surface area contributed by atoms with Gasteiger partial charge in [-0.1, -0.05) is 24.3 Å². The third-order valence-corrected chi connectivity index (χ3v) is 3.47. The van der Waals surface area contributed by atoms with Crippen molar-refractivity contribution in [2.45, 2.75) is 12.3 Å². The highest BCUT2D eigenvalue weighted by Crippen LogP contribution is 2.60. The highest BCUT2D eigenvalue weighted by atomic mass is 14.7. The van der Waals surface area contributed by atoms with Gasteiger partial charge in [-0.05, 0) is 41.8 Å². The van der Waals surface area contributed by atoms with Gasteiger partial charge in [-0.2, -0.15) is 0 Å². The number of nitrogens with two attached hydrogens (primary N) is 1. The van der Waals surface area contributed by atoms with Crippen molar-refractivity contribution in [1.82, 2.24) is 0 Å². The second-order valence-electron chi connectivity index (χ2n) is 3.99. The number of benzene rings is 1. The van der Waals surface area contributed by atoms with Gasteiger partial charge < -0.3 is 5.73 Å². The molecule has 1 aromatic carbocycles. The first-order valence-corrected chi connectivity index (χ1v) is 4.69. The van der Waals surface area contributed by atoms with Gasteiger partial charge in [0.15, 0.2) is 0 Å². The Hall–Kier alpha value is -0.820. The normalized spacial score (nSPS) is 35.9. The van der Waals surface area contributed by atoms with Crippen LogP contribution in [0.15, 0.2) is 24.3 Å². The molecule has 0 radical (unpaired) electrons. The molecule has 0 aromatic heterocycles. The van der Waals surface area contributed by atoms with Crippen LogP contribution in [0.25, 0.3) is 0 Å². The molecular formula is C11H13N. The average Bonchev–Trinajstić information content (AvgIpc) is 2.68. The van der Waals surface area contributed by atoms with Crippen molar-refractivity contribution >= 4 is 0 Å². The summed E-state index contributed by atoms with van der Waals surface area (Å²) in [4.78, 5) is 0. The van der Waals surface area contributed by atoms with E-state index in [1.807, 2.05) is 0 Å². The minimum Gasteiger partial charge on any atom is -0.330 e. The molecule has 0 spiro atoms. The first-order valence-electron chi connectivity index (χ1n) is 4.69. The Morgan fingerprint density at radius 3 is 3.00 bits per heavy atom. The number of fused-ring (bicyclic) bond motifs is 3. The lowest BCUT2D eigenvalue weighted by Crippen LogP contribution is -2.06. The topological polar surface area (TPSA) is 26.0 Å². The molecule has 0 saturated heterocycles. The third-order valence-electron chi connectivity index (χ3n) is 3.47. The van der Waals surface area contributed by atoms with Crippen LogP contribution in [-0.2, 0) is 6.42 Å². The molecule has 1 saturated carbocycles. The van der Waals surface area contributed by atoms with Gasteiger partial charge in [0.25, 0.3) is 0 Å². The average molecular weight is 159 g/mol. The Kier molecular flexibility index (Phi) is 1.17. The fraction of sp³-hybridized carbons (Fsp3) is 0.455. The van der Waals surface area contributed by atoms with Gasteiger partial charge in [0.2, 0.25) is 0 Å². The summed E-state index contributed by atoms with van der Waals surface area (Å²) in [7, 11) is 0. The van der Waals surface area contributed by atoms with Crippen molar-refractivity contribution in [3.63, 3.8) is 0 Å². The van der Waals surface area contributed by atoms with Gasteiger partial charge in [0.05, 0.1) is 0 Å². The zero-order valence-corrected chi connectivity index (χ0v) is 7.03. The van der Waals surface area contributed by atoms with E-state index in [4.69, 9.17) is 5.73 Å². The Morgan fingerprint density at radius 2 is 2.17 bits per heavy atom. The van der Waals surface area contributed by atoms with Crippen LogP contribution >= 0.6 is 0 Å². The van der Waals surface area contributed by atoms with Gasteiger partial charge >= 0.3 is 0 Å². The van der Waals surface area contributed by atoms with Gasteiger partial charge in [-0.3, -0.25) is 0 Å². The molecule has 1 nitrogen and oxygen atoms in total. The van der Waals surface area contributed by atoms with Crippen LogP contribution in [0.2, 0.25) is 0 Å². The van der Waals surface area contributed by atoms with Gasteiger partial charge in [-0.25, -0.2) is 0 Å². The zero-order valence-electron chi connectivity index (χ0n) is 7.03. The number of rotatable bonds is 1. The minimum absolute atomic E-state index is 0.805. The lowest BCUT2D eigenvalue weighted by atomic mass is 10.0. The van der Waals surface area contributed by atoms with Crippen molar-refractivity contribution in [2.24, 2.45) is 17.6 Å². The summed E-state index contributed by atoms with van der Waals surface area (Å²) in [5.41, 5.74) is 8.83. The summed E-state index contributed by atoms with van der Waals surface area (Å²) in [5.74, 6) is 2.53. The maximum atomic E-state index is 5.68. The fourth-order valence-corrected chi connectivity index (χ4v) is 2.81. The van der Waals surface area contributed by atoms with Crippen LogP contribution in [0.1, 0.15) is 17.0 Å². The van der Waals surface area contributed by atoms with Crippen LogP contribution < -0.4 is 5.73 Å². The van der Waals surface area contributed by atoms with Crippen LogP contribution in [-0.4, -0.2) is 6.54 Å².